The van der Waals surface area contributed by atoms with Crippen LogP contribution in [-0.2, 0) is 4.79 Å². The van der Waals surface area contributed by atoms with Crippen LogP contribution in [0.25, 0.3) is 0 Å². The highest BCUT2D eigenvalue weighted by molar-refractivity contribution is 6.02. The van der Waals surface area contributed by atoms with Gasteiger partial charge in [-0.05, 0) is 18.4 Å². The van der Waals surface area contributed by atoms with Gasteiger partial charge in [0, 0.05) is 29.2 Å². The van der Waals surface area contributed by atoms with Crippen molar-refractivity contribution in [2.45, 2.75) is 25.2 Å². The Balaban J connectivity index is 2.04. The summed E-state index contributed by atoms with van der Waals surface area (Å²) in [6.07, 6.45) is 2.08. The second-order valence-electron chi connectivity index (χ2n) is 6.42. The van der Waals surface area contributed by atoms with E-state index in [1.807, 2.05) is 30.3 Å². The third-order valence-corrected chi connectivity index (χ3v) is 4.98. The third-order valence-electron chi connectivity index (χ3n) is 4.98. The molecular formula is C20H18N4O2. The van der Waals surface area contributed by atoms with Crippen LogP contribution in [0.3, 0.4) is 0 Å². The first kappa shape index (κ1) is 16.2. The number of hydrogen-bond acceptors (Lipinski definition) is 6. The summed E-state index contributed by atoms with van der Waals surface area (Å²) in [5.41, 5.74) is 10.4. The molecule has 1 unspecified atom stereocenters. The van der Waals surface area contributed by atoms with Gasteiger partial charge in [-0.3, -0.25) is 4.79 Å². The topological polar surface area (TPSA) is 101 Å². The number of nitriles is 1. The van der Waals surface area contributed by atoms with E-state index in [2.05, 4.69) is 16.4 Å². The summed E-state index contributed by atoms with van der Waals surface area (Å²) in [6, 6.07) is 11.9. The zero-order valence-corrected chi connectivity index (χ0v) is 14.4. The minimum atomic E-state index is -0.333. The van der Waals surface area contributed by atoms with Gasteiger partial charge in [0.25, 0.3) is 0 Å². The van der Waals surface area contributed by atoms with Gasteiger partial charge in [-0.25, -0.2) is 0 Å². The van der Waals surface area contributed by atoms with Crippen LogP contribution < -0.4 is 15.8 Å². The van der Waals surface area contributed by atoms with Crippen LogP contribution in [0, 0.1) is 11.3 Å². The number of fused-ring (bicyclic) bond motifs is 1. The summed E-state index contributed by atoms with van der Waals surface area (Å²) in [7, 11) is 1.46. The van der Waals surface area contributed by atoms with Gasteiger partial charge in [-0.2, -0.15) is 10.2 Å². The average molecular weight is 346 g/mol. The highest BCUT2D eigenvalue weighted by Crippen LogP contribution is 2.49. The van der Waals surface area contributed by atoms with Crippen molar-refractivity contribution in [1.29, 1.82) is 5.26 Å². The van der Waals surface area contributed by atoms with E-state index >= 15 is 0 Å². The predicted molar refractivity (Wildman–Crippen MR) is 97.7 cm³/mol. The molecule has 6 heteroatoms. The van der Waals surface area contributed by atoms with Crippen molar-refractivity contribution in [3.8, 4) is 11.9 Å². The highest BCUT2D eigenvalue weighted by atomic mass is 16.5. The van der Waals surface area contributed by atoms with Gasteiger partial charge >= 0.3 is 0 Å². The molecule has 2 aliphatic rings. The molecule has 130 valence electrons. The van der Waals surface area contributed by atoms with Crippen LogP contribution in [0.5, 0.6) is 5.88 Å². The summed E-state index contributed by atoms with van der Waals surface area (Å²) < 4.78 is 5.24. The maximum atomic E-state index is 12.8. The number of carbonyl (C=O) groups excluding carboxylic acids is 1. The Labute approximate surface area is 151 Å². The van der Waals surface area contributed by atoms with Crippen molar-refractivity contribution in [2.75, 3.05) is 18.2 Å². The van der Waals surface area contributed by atoms with Crippen molar-refractivity contribution in [3.05, 3.63) is 58.3 Å². The molecule has 0 saturated carbocycles. The van der Waals surface area contributed by atoms with Gasteiger partial charge in [0.05, 0.1) is 12.8 Å². The molecule has 1 aromatic carbocycles. The number of ether oxygens (including phenoxy) is 1. The zero-order valence-electron chi connectivity index (χ0n) is 14.4. The number of ketones is 1. The molecule has 0 fully saturated rings. The predicted octanol–water partition coefficient (Wildman–Crippen LogP) is 3.11. The summed E-state index contributed by atoms with van der Waals surface area (Å²) in [5, 5.41) is 13.0. The number of pyridine rings is 1. The number of carbonyl (C=O) groups is 1. The number of nitrogens with one attached hydrogen (secondary N) is 1. The van der Waals surface area contributed by atoms with Gasteiger partial charge in [0.2, 0.25) is 5.88 Å². The van der Waals surface area contributed by atoms with Gasteiger partial charge in [-0.15, -0.1) is 0 Å². The van der Waals surface area contributed by atoms with Crippen molar-refractivity contribution >= 4 is 17.3 Å². The maximum absolute atomic E-state index is 12.8. The Morgan fingerprint density at radius 3 is 2.77 bits per heavy atom. The molecule has 4 rings (SSSR count). The fraction of sp³-hybridized carbons (Fsp3) is 0.250. The molecule has 1 aliphatic carbocycles. The minimum Gasteiger partial charge on any atom is -0.480 e. The Morgan fingerprint density at radius 2 is 2.08 bits per heavy atom. The third kappa shape index (κ3) is 2.32. The molecule has 0 bridgehead atoms. The lowest BCUT2D eigenvalue weighted by molar-refractivity contribution is -0.116. The van der Waals surface area contributed by atoms with Crippen LogP contribution in [-0.4, -0.2) is 17.9 Å². The minimum absolute atomic E-state index is 0.118. The van der Waals surface area contributed by atoms with E-state index in [-0.39, 0.29) is 23.4 Å². The quantitative estimate of drug-likeness (QED) is 0.866. The zero-order chi connectivity index (χ0) is 18.3. The largest absolute Gasteiger partial charge is 0.480 e. The molecule has 0 saturated heterocycles. The molecular weight excluding hydrogens is 328 g/mol. The lowest BCUT2D eigenvalue weighted by Gasteiger charge is -2.35. The van der Waals surface area contributed by atoms with Gasteiger partial charge in [0.15, 0.2) is 5.78 Å². The van der Waals surface area contributed by atoms with E-state index in [1.165, 1.54) is 7.11 Å². The van der Waals surface area contributed by atoms with E-state index in [1.54, 1.807) is 0 Å². The van der Waals surface area contributed by atoms with E-state index in [0.717, 1.165) is 29.7 Å². The number of nitrogens with two attached hydrogens (primary N) is 1. The fourth-order valence-electron chi connectivity index (χ4n) is 3.87. The monoisotopic (exact) mass is 346 g/mol. The number of nitrogens with zero attached hydrogens (tertiary/aromatic N) is 2. The van der Waals surface area contributed by atoms with E-state index < -0.39 is 0 Å². The molecule has 2 heterocycles. The first-order valence-corrected chi connectivity index (χ1v) is 8.51. The molecule has 0 radical (unpaired) electrons. The maximum Gasteiger partial charge on any atom is 0.235 e. The number of aromatic nitrogens is 1. The van der Waals surface area contributed by atoms with Crippen LogP contribution >= 0.6 is 0 Å². The molecule has 1 atom stereocenters. The lowest BCUT2D eigenvalue weighted by atomic mass is 9.75. The molecule has 2 aromatic rings. The number of rotatable bonds is 2. The van der Waals surface area contributed by atoms with Crippen molar-refractivity contribution in [1.82, 2.24) is 4.98 Å². The van der Waals surface area contributed by atoms with Gasteiger partial charge < -0.3 is 15.8 Å². The first-order chi connectivity index (χ1) is 12.7. The van der Waals surface area contributed by atoms with E-state index in [4.69, 9.17) is 10.5 Å². The fourth-order valence-corrected chi connectivity index (χ4v) is 3.87. The van der Waals surface area contributed by atoms with Crippen molar-refractivity contribution in [3.63, 3.8) is 0 Å². The highest BCUT2D eigenvalue weighted by Gasteiger charge is 2.38. The summed E-state index contributed by atoms with van der Waals surface area (Å²) in [6.45, 7) is 0. The second-order valence-corrected chi connectivity index (χ2v) is 6.42. The van der Waals surface area contributed by atoms with Crippen LogP contribution in [0.15, 0.2) is 41.6 Å². The Morgan fingerprint density at radius 1 is 1.31 bits per heavy atom. The number of anilines is 2. The van der Waals surface area contributed by atoms with Crippen molar-refractivity contribution < 1.29 is 9.53 Å². The SMILES string of the molecule is COc1nc(N)c2c(c1C#N)NC1=C(C(=O)CCC1)C2c1ccccc1. The lowest BCUT2D eigenvalue weighted by Crippen LogP contribution is -2.28. The smallest absolute Gasteiger partial charge is 0.235 e. The van der Waals surface area contributed by atoms with Crippen LogP contribution in [0.1, 0.15) is 41.9 Å². The molecule has 26 heavy (non-hydrogen) atoms. The Bertz CT molecular complexity index is 974. The molecule has 0 spiro atoms. The normalized spacial score (nSPS) is 18.5. The Kier molecular flexibility index (Phi) is 3.85. The van der Waals surface area contributed by atoms with Crippen LogP contribution in [0.4, 0.5) is 11.5 Å². The number of allylic oxidation sites excluding steroid dienone is 2. The first-order valence-electron chi connectivity index (χ1n) is 8.51. The second kappa shape index (κ2) is 6.19. The molecule has 3 N–H and O–H groups in total. The number of methoxy groups -OCH3 is 1. The molecule has 1 aliphatic heterocycles. The average Bonchev–Trinajstić information content (AvgIpc) is 2.67. The number of hydrogen-bond donors (Lipinski definition) is 2. The summed E-state index contributed by atoms with van der Waals surface area (Å²) >= 11 is 0. The summed E-state index contributed by atoms with van der Waals surface area (Å²) in [5.74, 6) is 0.240. The standard InChI is InChI=1S/C20H18N4O2/c1-26-20-12(10-21)18-17(19(22)24-20)15(11-6-3-2-4-7-11)16-13(23-18)8-5-9-14(16)25/h2-4,6-7,15,23H,5,8-9H2,1H3,(H2,22,24). The van der Waals surface area contributed by atoms with Crippen LogP contribution in [0.2, 0.25) is 0 Å². The van der Waals surface area contributed by atoms with Crippen molar-refractivity contribution in [2.24, 2.45) is 0 Å². The molecule has 6 nitrogen and oxygen atoms in total. The van der Waals surface area contributed by atoms with E-state index in [9.17, 15) is 10.1 Å². The summed E-state index contributed by atoms with van der Waals surface area (Å²) in [4.78, 5) is 17.0. The van der Waals surface area contributed by atoms with Gasteiger partial charge in [-0.1, -0.05) is 30.3 Å². The number of benzene rings is 1. The van der Waals surface area contributed by atoms with Gasteiger partial charge in [0.1, 0.15) is 17.5 Å². The number of Topliss-reactive ketones (excluding diaryl/α,β-unsaturated/α-hetero) is 1. The molecule has 1 aromatic heterocycles. The number of nitrogen functional groups attached to an aromatic ring is 1. The van der Waals surface area contributed by atoms with E-state index in [0.29, 0.717) is 23.2 Å². The molecule has 0 amide bonds. The Hall–Kier alpha value is -3.33.